The minimum Gasteiger partial charge on any atom is -0.370 e. The second-order valence-corrected chi connectivity index (χ2v) is 11.1. The van der Waals surface area contributed by atoms with Crippen LogP contribution in [0.25, 0.3) is 28.0 Å². The lowest BCUT2D eigenvalue weighted by Crippen LogP contribution is -2.24. The third kappa shape index (κ3) is 8.60. The molecule has 0 radical (unpaired) electrons. The summed E-state index contributed by atoms with van der Waals surface area (Å²) in [6, 6.07) is 14.4. The zero-order valence-corrected chi connectivity index (χ0v) is 24.1. The molecule has 8 N–H and O–H groups in total. The topological polar surface area (TPSA) is 153 Å². The maximum Gasteiger partial charge on any atom is 0.446 e. The van der Waals surface area contributed by atoms with Crippen LogP contribution in [0.2, 0.25) is 0 Å². The van der Waals surface area contributed by atoms with Crippen molar-refractivity contribution in [1.82, 2.24) is 19.9 Å². The number of aliphatic imine (C=N–C) groups is 1. The lowest BCUT2D eigenvalue weighted by Gasteiger charge is -2.15. The average Bonchev–Trinajstić information content (AvgIpc) is 3.34. The second kappa shape index (κ2) is 13.9. The first kappa shape index (κ1) is 31.1. The van der Waals surface area contributed by atoms with E-state index in [0.717, 1.165) is 36.9 Å². The predicted octanol–water partition coefficient (Wildman–Crippen LogP) is 4.59. The number of aromatic nitrogens is 3. The van der Waals surface area contributed by atoms with Gasteiger partial charge in [-0.2, -0.15) is 18.2 Å². The maximum atomic E-state index is 13.2. The number of nitrogens with two attached hydrogens (primary N) is 3. The Bertz CT molecular complexity index is 1580. The lowest BCUT2D eigenvalue weighted by molar-refractivity contribution is -0.0328. The maximum absolute atomic E-state index is 13.2. The first-order valence-electron chi connectivity index (χ1n) is 13.6. The van der Waals surface area contributed by atoms with Gasteiger partial charge in [-0.15, -0.1) is 0 Å². The minimum atomic E-state index is -4.41. The Morgan fingerprint density at radius 1 is 1.12 bits per heavy atom. The lowest BCUT2D eigenvalue weighted by atomic mass is 10.0. The standard InChI is InChI=1S/C29H35F3N8OS/c1-18(36-11-4-12-37-27(34)35)20-6-8-23(9-7-20)40-17-22-16-25(38-26(22)39-28(40)41)21-13-19(5-2-3-10-33)14-24(15-21)42-29(30,31)32/h6-9,13-18,36H,2-5,10-12,33H2,1H3,(H4,34,35,37)(H,38,39,41)/t18-/m0/s1. The number of benzene rings is 2. The molecule has 13 heteroatoms. The molecule has 0 bridgehead atoms. The van der Waals surface area contributed by atoms with Gasteiger partial charge in [0.2, 0.25) is 0 Å². The molecule has 0 saturated carbocycles. The fourth-order valence-corrected chi connectivity index (χ4v) is 5.27. The number of H-pyrrole nitrogens is 1. The van der Waals surface area contributed by atoms with E-state index in [9.17, 15) is 18.0 Å². The Balaban J connectivity index is 1.56. The van der Waals surface area contributed by atoms with Crippen LogP contribution < -0.4 is 28.2 Å². The van der Waals surface area contributed by atoms with Crippen molar-refractivity contribution in [2.45, 2.75) is 49.1 Å². The summed E-state index contributed by atoms with van der Waals surface area (Å²) in [5.41, 5.74) is 15.4. The molecule has 0 saturated heterocycles. The summed E-state index contributed by atoms with van der Waals surface area (Å²) < 4.78 is 41.0. The van der Waals surface area contributed by atoms with Crippen LogP contribution in [-0.4, -0.2) is 45.6 Å². The van der Waals surface area contributed by atoms with Crippen molar-refractivity contribution in [2.75, 3.05) is 19.6 Å². The number of unbranched alkanes of at least 4 members (excludes halogenated alkanes) is 1. The van der Waals surface area contributed by atoms with Crippen LogP contribution in [0.3, 0.4) is 0 Å². The molecule has 0 aliphatic rings. The summed E-state index contributed by atoms with van der Waals surface area (Å²) in [4.78, 5) is 24.3. The number of rotatable bonds is 13. The summed E-state index contributed by atoms with van der Waals surface area (Å²) in [7, 11) is 0. The third-order valence-corrected chi connectivity index (χ3v) is 7.39. The van der Waals surface area contributed by atoms with E-state index in [1.165, 1.54) is 10.6 Å². The van der Waals surface area contributed by atoms with Crippen molar-refractivity contribution in [3.05, 3.63) is 76.3 Å². The van der Waals surface area contributed by atoms with Crippen LogP contribution in [0.1, 0.15) is 43.4 Å². The van der Waals surface area contributed by atoms with Gasteiger partial charge in [-0.25, -0.2) is 4.79 Å². The van der Waals surface area contributed by atoms with Crippen LogP contribution in [0.15, 0.2) is 69.4 Å². The van der Waals surface area contributed by atoms with Gasteiger partial charge in [-0.3, -0.25) is 9.56 Å². The molecule has 2 aromatic heterocycles. The molecule has 2 heterocycles. The van der Waals surface area contributed by atoms with Gasteiger partial charge >= 0.3 is 11.2 Å². The molecule has 0 aliphatic heterocycles. The van der Waals surface area contributed by atoms with E-state index in [1.807, 2.05) is 37.3 Å². The SMILES string of the molecule is C[C@H](NCCCN=C(N)N)c1ccc(-n2cc3cc(-c4cc(CCCCN)cc(SC(F)(F)F)c4)[nH]c3nc2=O)cc1. The van der Waals surface area contributed by atoms with Gasteiger partial charge in [0, 0.05) is 34.8 Å². The van der Waals surface area contributed by atoms with Gasteiger partial charge in [-0.05, 0) is 111 Å². The Hall–Kier alpha value is -3.81. The molecule has 0 fully saturated rings. The Morgan fingerprint density at radius 2 is 1.88 bits per heavy atom. The predicted molar refractivity (Wildman–Crippen MR) is 163 cm³/mol. The molecule has 0 spiro atoms. The van der Waals surface area contributed by atoms with E-state index in [-0.39, 0.29) is 28.7 Å². The summed E-state index contributed by atoms with van der Waals surface area (Å²) in [5.74, 6) is 0.0786. The molecule has 1 atom stereocenters. The summed E-state index contributed by atoms with van der Waals surface area (Å²) in [6.45, 7) is 3.86. The van der Waals surface area contributed by atoms with Gasteiger partial charge in [0.15, 0.2) is 5.96 Å². The van der Waals surface area contributed by atoms with Gasteiger partial charge in [0.25, 0.3) is 0 Å². The molecule has 0 aliphatic carbocycles. The van der Waals surface area contributed by atoms with E-state index in [0.29, 0.717) is 47.5 Å². The third-order valence-electron chi connectivity index (χ3n) is 6.69. The smallest absolute Gasteiger partial charge is 0.370 e. The summed E-state index contributed by atoms with van der Waals surface area (Å²) >= 11 is -0.145. The average molecular weight is 601 g/mol. The zero-order chi connectivity index (χ0) is 30.3. The molecule has 224 valence electrons. The van der Waals surface area contributed by atoms with E-state index in [4.69, 9.17) is 17.2 Å². The highest BCUT2D eigenvalue weighted by molar-refractivity contribution is 8.00. The van der Waals surface area contributed by atoms with Crippen molar-refractivity contribution < 1.29 is 13.2 Å². The first-order valence-corrected chi connectivity index (χ1v) is 14.5. The van der Waals surface area contributed by atoms with Crippen LogP contribution >= 0.6 is 11.8 Å². The molecular weight excluding hydrogens is 565 g/mol. The number of aryl methyl sites for hydroxylation is 1. The van der Waals surface area contributed by atoms with E-state index in [2.05, 4.69) is 20.3 Å². The molecule has 42 heavy (non-hydrogen) atoms. The summed E-state index contributed by atoms with van der Waals surface area (Å²) in [6.07, 6.45) is 4.65. The van der Waals surface area contributed by atoms with Crippen molar-refractivity contribution in [1.29, 1.82) is 0 Å². The van der Waals surface area contributed by atoms with Crippen molar-refractivity contribution in [3.63, 3.8) is 0 Å². The largest absolute Gasteiger partial charge is 0.446 e. The highest BCUT2D eigenvalue weighted by atomic mass is 32.2. The molecule has 4 rings (SSSR count). The molecule has 4 aromatic rings. The quantitative estimate of drug-likeness (QED) is 0.0651. The number of thioether (sulfide) groups is 1. The first-order chi connectivity index (χ1) is 20.0. The fourth-order valence-electron chi connectivity index (χ4n) is 4.61. The minimum absolute atomic E-state index is 0.0780. The Kier molecular flexibility index (Phi) is 10.3. The normalized spacial score (nSPS) is 12.5. The molecular formula is C29H35F3N8OS. The second-order valence-electron chi connectivity index (χ2n) is 9.97. The van der Waals surface area contributed by atoms with Crippen molar-refractivity contribution in [2.24, 2.45) is 22.2 Å². The number of nitrogens with zero attached hydrogens (tertiary/aromatic N) is 3. The Morgan fingerprint density at radius 3 is 2.57 bits per heavy atom. The number of alkyl halides is 3. The molecule has 0 amide bonds. The molecule has 0 unspecified atom stereocenters. The number of nitrogens with one attached hydrogen (secondary N) is 2. The molecule has 9 nitrogen and oxygen atoms in total. The van der Waals surface area contributed by atoms with Crippen LogP contribution in [0, 0.1) is 0 Å². The van der Waals surface area contributed by atoms with Crippen molar-refractivity contribution in [3.8, 4) is 16.9 Å². The van der Waals surface area contributed by atoms with Crippen LogP contribution in [0.4, 0.5) is 13.2 Å². The van der Waals surface area contributed by atoms with Gasteiger partial charge in [0.05, 0.1) is 5.69 Å². The number of aromatic amines is 1. The summed E-state index contributed by atoms with van der Waals surface area (Å²) in [5, 5.41) is 4.07. The van der Waals surface area contributed by atoms with Gasteiger partial charge in [0.1, 0.15) is 5.65 Å². The van der Waals surface area contributed by atoms with Crippen molar-refractivity contribution >= 4 is 28.8 Å². The van der Waals surface area contributed by atoms with Crippen LogP contribution in [-0.2, 0) is 6.42 Å². The number of fused-ring (bicyclic) bond motifs is 1. The van der Waals surface area contributed by atoms with E-state index >= 15 is 0 Å². The van der Waals surface area contributed by atoms with Gasteiger partial charge in [-0.1, -0.05) is 12.1 Å². The zero-order valence-electron chi connectivity index (χ0n) is 23.2. The highest BCUT2D eigenvalue weighted by Gasteiger charge is 2.29. The molecule has 2 aromatic carbocycles. The fraction of sp³-hybridized carbons (Fsp3) is 0.345. The number of hydrogen-bond donors (Lipinski definition) is 5. The monoisotopic (exact) mass is 600 g/mol. The van der Waals surface area contributed by atoms with Crippen LogP contribution in [0.5, 0.6) is 0 Å². The number of guanidine groups is 1. The Labute approximate surface area is 245 Å². The van der Waals surface area contributed by atoms with Gasteiger partial charge < -0.3 is 27.5 Å². The van der Waals surface area contributed by atoms with E-state index < -0.39 is 11.2 Å². The number of halogens is 3. The highest BCUT2D eigenvalue weighted by Crippen LogP contribution is 2.39. The van der Waals surface area contributed by atoms with E-state index in [1.54, 1.807) is 18.3 Å². The number of hydrogen-bond acceptors (Lipinski definition) is 6.